The van der Waals surface area contributed by atoms with Gasteiger partial charge in [-0.2, -0.15) is 13.2 Å². The lowest BCUT2D eigenvalue weighted by Gasteiger charge is -2.34. The lowest BCUT2D eigenvalue weighted by molar-refractivity contribution is -0.137. The van der Waals surface area contributed by atoms with Gasteiger partial charge in [0, 0.05) is 64.8 Å². The van der Waals surface area contributed by atoms with Gasteiger partial charge < -0.3 is 25.2 Å². The van der Waals surface area contributed by atoms with Gasteiger partial charge in [0.2, 0.25) is 12.4 Å². The van der Waals surface area contributed by atoms with Crippen molar-refractivity contribution < 1.29 is 22.7 Å². The summed E-state index contributed by atoms with van der Waals surface area (Å²) >= 11 is 2.80. The topological polar surface area (TPSA) is 82.6 Å². The first kappa shape index (κ1) is 29.2. The summed E-state index contributed by atoms with van der Waals surface area (Å²) in [4.78, 5) is 26.2. The number of aromatic nitrogens is 2. The van der Waals surface area contributed by atoms with E-state index in [9.17, 15) is 18.0 Å². The third-order valence-corrected chi connectivity index (χ3v) is 10.4. The second-order valence-corrected chi connectivity index (χ2v) is 13.2. The number of nitrogens with zero attached hydrogens (tertiary/aromatic N) is 4. The summed E-state index contributed by atoms with van der Waals surface area (Å²) in [5.41, 5.74) is 1.99. The fraction of sp³-hybridized carbons (Fsp3) is 0.483. The van der Waals surface area contributed by atoms with Gasteiger partial charge in [-0.05, 0) is 49.6 Å². The molecule has 2 unspecified atom stereocenters. The number of amides is 1. The van der Waals surface area contributed by atoms with E-state index in [1.54, 1.807) is 11.0 Å². The number of carbonyl (C=O) groups excluding carboxylic acids is 1. The standard InChI is InChI=1S/C29H33F3N6O2S2/c1-3-18-8-20(38-13-19-9-21(38)11-33-19)4-5-24(18)35-28-34-12-23(29(30,31)32)27(36-28)26-10-25(17(2)42-26)41-7-6-37(16-39)22-14-40-15-22/h4-5,8,10,12,16,19,21-22,33H,3,6-7,9,11,13-15H2,1-2H3,(H,34,35,36). The molecule has 2 atom stereocenters. The third kappa shape index (κ3) is 5.97. The van der Waals surface area contributed by atoms with Gasteiger partial charge in [-0.1, -0.05) is 6.92 Å². The number of benzene rings is 1. The molecule has 2 aromatic heterocycles. The number of hydrogen-bond acceptors (Lipinski definition) is 9. The van der Waals surface area contributed by atoms with E-state index in [0.29, 0.717) is 42.5 Å². The van der Waals surface area contributed by atoms with Gasteiger partial charge in [-0.15, -0.1) is 23.1 Å². The average molecular weight is 619 g/mol. The van der Waals surface area contributed by atoms with E-state index in [1.807, 2.05) is 13.0 Å². The molecule has 3 aromatic rings. The number of fused-ring (bicyclic) bond motifs is 2. The summed E-state index contributed by atoms with van der Waals surface area (Å²) in [7, 11) is 0. The van der Waals surface area contributed by atoms with Crippen LogP contribution in [0.25, 0.3) is 10.6 Å². The minimum absolute atomic E-state index is 0.0977. The van der Waals surface area contributed by atoms with Crippen molar-refractivity contribution in [2.45, 2.75) is 55.9 Å². The van der Waals surface area contributed by atoms with Gasteiger partial charge in [0.05, 0.1) is 29.8 Å². The fourth-order valence-electron chi connectivity index (χ4n) is 5.73. The summed E-state index contributed by atoms with van der Waals surface area (Å²) in [5, 5.41) is 6.71. The Morgan fingerprint density at radius 3 is 2.79 bits per heavy atom. The lowest BCUT2D eigenvalue weighted by Crippen LogP contribution is -2.49. The van der Waals surface area contributed by atoms with Gasteiger partial charge in [-0.25, -0.2) is 9.97 Å². The number of anilines is 3. The molecule has 1 aromatic carbocycles. The van der Waals surface area contributed by atoms with Crippen molar-refractivity contribution in [2.24, 2.45) is 0 Å². The van der Waals surface area contributed by atoms with Gasteiger partial charge in [0.1, 0.15) is 5.56 Å². The maximum Gasteiger partial charge on any atom is 0.420 e. The lowest BCUT2D eigenvalue weighted by atomic mass is 10.1. The molecule has 6 rings (SSSR count). The molecule has 0 spiro atoms. The molecule has 0 aliphatic carbocycles. The van der Waals surface area contributed by atoms with Crippen molar-refractivity contribution >= 4 is 46.8 Å². The maximum atomic E-state index is 14.1. The number of thioether (sulfide) groups is 1. The fourth-order valence-corrected chi connectivity index (χ4v) is 7.95. The van der Waals surface area contributed by atoms with Crippen molar-refractivity contribution in [2.75, 3.05) is 48.8 Å². The first-order valence-corrected chi connectivity index (χ1v) is 15.9. The Kier molecular flexibility index (Phi) is 8.36. The number of halogens is 3. The smallest absolute Gasteiger partial charge is 0.377 e. The molecule has 8 nitrogen and oxygen atoms in total. The number of piperazine rings is 1. The maximum absolute atomic E-state index is 14.1. The predicted octanol–water partition coefficient (Wildman–Crippen LogP) is 5.34. The molecule has 224 valence electrons. The number of alkyl halides is 3. The zero-order valence-corrected chi connectivity index (χ0v) is 25.0. The first-order valence-electron chi connectivity index (χ1n) is 14.1. The van der Waals surface area contributed by atoms with Crippen LogP contribution in [0.3, 0.4) is 0 Å². The highest BCUT2D eigenvalue weighted by Gasteiger charge is 2.38. The number of carbonyl (C=O) groups is 1. The summed E-state index contributed by atoms with van der Waals surface area (Å²) in [6.07, 6.45) is -1.00. The highest BCUT2D eigenvalue weighted by molar-refractivity contribution is 7.99. The van der Waals surface area contributed by atoms with Crippen LogP contribution in [0.15, 0.2) is 35.4 Å². The molecule has 2 bridgehead atoms. The molecule has 13 heteroatoms. The predicted molar refractivity (Wildman–Crippen MR) is 160 cm³/mol. The molecule has 2 N–H and O–H groups in total. The van der Waals surface area contributed by atoms with Crippen molar-refractivity contribution in [1.29, 1.82) is 0 Å². The molecule has 0 saturated carbocycles. The van der Waals surface area contributed by atoms with Gasteiger partial charge in [0.15, 0.2) is 0 Å². The van der Waals surface area contributed by atoms with Crippen molar-refractivity contribution in [3.63, 3.8) is 0 Å². The zero-order valence-electron chi connectivity index (χ0n) is 23.4. The molecule has 3 saturated heterocycles. The van der Waals surface area contributed by atoms with Crippen molar-refractivity contribution in [3.8, 4) is 10.6 Å². The molecule has 1 amide bonds. The molecular formula is C29H33F3N6O2S2. The van der Waals surface area contributed by atoms with E-state index in [-0.39, 0.29) is 17.7 Å². The minimum Gasteiger partial charge on any atom is -0.377 e. The van der Waals surface area contributed by atoms with E-state index < -0.39 is 11.7 Å². The van der Waals surface area contributed by atoms with Crippen LogP contribution in [0.2, 0.25) is 0 Å². The van der Waals surface area contributed by atoms with Gasteiger partial charge in [-0.3, -0.25) is 4.79 Å². The Bertz CT molecular complexity index is 1450. The molecular weight excluding hydrogens is 585 g/mol. The van der Waals surface area contributed by atoms with Crippen LogP contribution in [0.4, 0.5) is 30.5 Å². The number of aryl methyl sites for hydroxylation is 2. The highest BCUT2D eigenvalue weighted by Crippen LogP contribution is 2.42. The van der Waals surface area contributed by atoms with Crippen LogP contribution in [0.1, 0.15) is 29.3 Å². The van der Waals surface area contributed by atoms with E-state index in [4.69, 9.17) is 4.74 Å². The Labute approximate surface area is 251 Å². The van der Waals surface area contributed by atoms with Crippen LogP contribution in [0, 0.1) is 6.92 Å². The van der Waals surface area contributed by atoms with Crippen LogP contribution in [-0.4, -0.2) is 78.0 Å². The molecule has 3 fully saturated rings. The highest BCUT2D eigenvalue weighted by atomic mass is 32.2. The number of thiophene rings is 1. The number of rotatable bonds is 11. The Hall–Kier alpha value is -2.87. The van der Waals surface area contributed by atoms with Crippen LogP contribution in [-0.2, 0) is 22.1 Å². The average Bonchev–Trinajstić information content (AvgIpc) is 3.67. The SMILES string of the molecule is CCc1cc(N2CC3CC2CN3)ccc1Nc1ncc(C(F)(F)F)c(-c2cc(SCCN(C=O)C3COC3)c(C)s2)n1. The monoisotopic (exact) mass is 618 g/mol. The van der Waals surface area contributed by atoms with E-state index in [1.165, 1.54) is 23.1 Å². The van der Waals surface area contributed by atoms with Gasteiger partial charge >= 0.3 is 6.18 Å². The summed E-state index contributed by atoms with van der Waals surface area (Å²) < 4.78 is 47.4. The molecule has 3 aliphatic heterocycles. The normalized spacial score (nSPS) is 20.2. The quantitative estimate of drug-likeness (QED) is 0.220. The second-order valence-electron chi connectivity index (χ2n) is 10.8. The molecule has 42 heavy (non-hydrogen) atoms. The van der Waals surface area contributed by atoms with E-state index in [2.05, 4.69) is 44.6 Å². The summed E-state index contributed by atoms with van der Waals surface area (Å²) in [6.45, 7) is 7.53. The number of ether oxygens (including phenoxy) is 1. The minimum atomic E-state index is -4.60. The van der Waals surface area contributed by atoms with Gasteiger partial charge in [0.25, 0.3) is 0 Å². The summed E-state index contributed by atoms with van der Waals surface area (Å²) in [5.74, 6) is 0.745. The van der Waals surface area contributed by atoms with E-state index in [0.717, 1.165) is 65.2 Å². The summed E-state index contributed by atoms with van der Waals surface area (Å²) in [6, 6.07) is 9.07. The second kappa shape index (κ2) is 12.0. The molecule has 5 heterocycles. The number of hydrogen-bond donors (Lipinski definition) is 2. The Morgan fingerprint density at radius 1 is 1.31 bits per heavy atom. The Balaban J connectivity index is 1.22. The largest absolute Gasteiger partial charge is 0.420 e. The molecule has 3 aliphatic rings. The van der Waals surface area contributed by atoms with Crippen LogP contribution in [0.5, 0.6) is 0 Å². The molecule has 0 radical (unpaired) electrons. The van der Waals surface area contributed by atoms with Crippen LogP contribution >= 0.6 is 23.1 Å². The van der Waals surface area contributed by atoms with E-state index >= 15 is 0 Å². The van der Waals surface area contributed by atoms with Crippen LogP contribution < -0.4 is 15.5 Å². The zero-order chi connectivity index (χ0) is 29.4. The third-order valence-electron chi connectivity index (χ3n) is 8.14. The number of nitrogens with one attached hydrogen (secondary N) is 2. The Morgan fingerprint density at radius 2 is 2.14 bits per heavy atom. The van der Waals surface area contributed by atoms with Crippen molar-refractivity contribution in [1.82, 2.24) is 20.2 Å². The first-order chi connectivity index (χ1) is 20.2. The van der Waals surface area contributed by atoms with Crippen molar-refractivity contribution in [3.05, 3.63) is 46.5 Å².